The number of benzene rings is 1. The van der Waals surface area contributed by atoms with Crippen molar-refractivity contribution in [1.29, 1.82) is 0 Å². The number of halogens is 1. The van der Waals surface area contributed by atoms with Crippen LogP contribution in [0.15, 0.2) is 29.1 Å². The molecule has 1 saturated heterocycles. The first-order valence-corrected chi connectivity index (χ1v) is 10.1. The molecule has 1 amide bonds. The highest BCUT2D eigenvalue weighted by molar-refractivity contribution is 7.07. The Kier molecular flexibility index (Phi) is 5.29. The molecular weight excluding hydrogens is 402 g/mol. The summed E-state index contributed by atoms with van der Waals surface area (Å²) in [5.41, 5.74) is 4.36. The number of ether oxygens (including phenoxy) is 3. The van der Waals surface area contributed by atoms with Crippen LogP contribution in [0, 0.1) is 0 Å². The van der Waals surface area contributed by atoms with Crippen molar-refractivity contribution in [1.82, 2.24) is 15.3 Å². The molecule has 1 aromatic carbocycles. The van der Waals surface area contributed by atoms with Gasteiger partial charge in [0.15, 0.2) is 11.9 Å². The zero-order valence-electron chi connectivity index (χ0n) is 15.5. The van der Waals surface area contributed by atoms with Crippen molar-refractivity contribution < 1.29 is 19.0 Å². The summed E-state index contributed by atoms with van der Waals surface area (Å²) in [6, 6.07) is 5.64. The second-order valence-corrected chi connectivity index (χ2v) is 8.09. The molecule has 148 valence electrons. The number of hydrogen-bond acceptors (Lipinski definition) is 6. The zero-order valence-corrected chi connectivity index (χ0v) is 17.0. The predicted octanol–water partition coefficient (Wildman–Crippen LogP) is 3.62. The standard InChI is InChI=1S/C19H20ClN3O4S/c1-19(2)26-8-17(27-19)18(24)21-6-12-3-11-4-14(20)16(5-15(11)23-12)25-7-13-9-28-10-22-13/h3-5,9-10,17,23H,6-8H2,1-2H3,(H,21,24). The number of rotatable bonds is 6. The number of H-pyrrole nitrogens is 1. The van der Waals surface area contributed by atoms with E-state index in [1.165, 1.54) is 11.3 Å². The molecule has 1 atom stereocenters. The largest absolute Gasteiger partial charge is 0.486 e. The molecule has 1 fully saturated rings. The predicted molar refractivity (Wildman–Crippen MR) is 107 cm³/mol. The van der Waals surface area contributed by atoms with Crippen LogP contribution >= 0.6 is 22.9 Å². The third-order valence-corrected chi connectivity index (χ3v) is 5.27. The van der Waals surface area contributed by atoms with Crippen molar-refractivity contribution in [2.75, 3.05) is 6.61 Å². The Morgan fingerprint density at radius 1 is 1.46 bits per heavy atom. The van der Waals surface area contributed by atoms with E-state index in [1.807, 2.05) is 23.6 Å². The number of aromatic amines is 1. The molecule has 4 rings (SSSR count). The highest BCUT2D eigenvalue weighted by atomic mass is 35.5. The van der Waals surface area contributed by atoms with E-state index >= 15 is 0 Å². The lowest BCUT2D eigenvalue weighted by atomic mass is 10.2. The third kappa shape index (κ3) is 4.30. The van der Waals surface area contributed by atoms with Gasteiger partial charge < -0.3 is 24.5 Å². The van der Waals surface area contributed by atoms with E-state index in [0.29, 0.717) is 23.9 Å². The van der Waals surface area contributed by atoms with Crippen LogP contribution in [0.25, 0.3) is 10.9 Å². The minimum atomic E-state index is -0.727. The minimum Gasteiger partial charge on any atom is -0.486 e. The normalized spacial score (nSPS) is 18.5. The summed E-state index contributed by atoms with van der Waals surface area (Å²) in [5.74, 6) is -0.345. The van der Waals surface area contributed by atoms with Gasteiger partial charge in [-0.2, -0.15) is 0 Å². The lowest BCUT2D eigenvalue weighted by molar-refractivity contribution is -0.153. The number of thiazole rings is 1. The summed E-state index contributed by atoms with van der Waals surface area (Å²) < 4.78 is 16.8. The Morgan fingerprint density at radius 2 is 2.32 bits per heavy atom. The van der Waals surface area contributed by atoms with Gasteiger partial charge in [-0.1, -0.05) is 11.6 Å². The highest BCUT2D eigenvalue weighted by Crippen LogP contribution is 2.31. The summed E-state index contributed by atoms with van der Waals surface area (Å²) in [7, 11) is 0. The average Bonchev–Trinajstić information content (AvgIpc) is 3.37. The molecule has 3 aromatic rings. The van der Waals surface area contributed by atoms with Crippen molar-refractivity contribution in [2.24, 2.45) is 0 Å². The van der Waals surface area contributed by atoms with Gasteiger partial charge in [0, 0.05) is 28.0 Å². The Morgan fingerprint density at radius 3 is 3.04 bits per heavy atom. The smallest absolute Gasteiger partial charge is 0.252 e. The maximum absolute atomic E-state index is 12.3. The van der Waals surface area contributed by atoms with E-state index in [9.17, 15) is 4.79 Å². The molecule has 28 heavy (non-hydrogen) atoms. The van der Waals surface area contributed by atoms with Crippen LogP contribution < -0.4 is 10.1 Å². The van der Waals surface area contributed by atoms with Gasteiger partial charge in [-0.25, -0.2) is 4.98 Å². The Bertz CT molecular complexity index is 987. The lowest BCUT2D eigenvalue weighted by Crippen LogP contribution is -2.36. The zero-order chi connectivity index (χ0) is 19.7. The van der Waals surface area contributed by atoms with Gasteiger partial charge in [0.25, 0.3) is 5.91 Å². The fraction of sp³-hybridized carbons (Fsp3) is 0.368. The van der Waals surface area contributed by atoms with Gasteiger partial charge in [0.2, 0.25) is 0 Å². The van der Waals surface area contributed by atoms with Crippen molar-refractivity contribution in [3.63, 3.8) is 0 Å². The number of nitrogens with one attached hydrogen (secondary N) is 2. The monoisotopic (exact) mass is 421 g/mol. The molecule has 0 spiro atoms. The summed E-state index contributed by atoms with van der Waals surface area (Å²) in [5, 5.41) is 6.26. The van der Waals surface area contributed by atoms with E-state index < -0.39 is 11.9 Å². The SMILES string of the molecule is CC1(C)OCC(C(=O)NCc2cc3cc(Cl)c(OCc4cscn4)cc3[nH]2)O1. The molecule has 7 nitrogen and oxygen atoms in total. The van der Waals surface area contributed by atoms with Gasteiger partial charge >= 0.3 is 0 Å². The molecule has 9 heteroatoms. The molecule has 1 unspecified atom stereocenters. The molecule has 0 radical (unpaired) electrons. The fourth-order valence-corrected chi connectivity index (χ4v) is 3.74. The van der Waals surface area contributed by atoms with E-state index in [-0.39, 0.29) is 12.5 Å². The van der Waals surface area contributed by atoms with E-state index in [4.69, 9.17) is 25.8 Å². The van der Waals surface area contributed by atoms with Gasteiger partial charge in [0.1, 0.15) is 12.4 Å². The Balaban J connectivity index is 1.40. The maximum atomic E-state index is 12.3. The number of carbonyl (C=O) groups is 1. The van der Waals surface area contributed by atoms with Crippen LogP contribution in [0.2, 0.25) is 5.02 Å². The van der Waals surface area contributed by atoms with Gasteiger partial charge in [-0.05, 0) is 26.0 Å². The molecule has 0 saturated carbocycles. The molecule has 0 aliphatic carbocycles. The van der Waals surface area contributed by atoms with E-state index in [0.717, 1.165) is 22.3 Å². The quantitative estimate of drug-likeness (QED) is 0.634. The Hall–Kier alpha value is -2.13. The molecule has 0 bridgehead atoms. The summed E-state index contributed by atoms with van der Waals surface area (Å²) in [4.78, 5) is 19.7. The molecule has 2 aromatic heterocycles. The van der Waals surface area contributed by atoms with E-state index in [2.05, 4.69) is 15.3 Å². The topological polar surface area (TPSA) is 85.5 Å². The second-order valence-electron chi connectivity index (χ2n) is 6.97. The van der Waals surface area contributed by atoms with Crippen LogP contribution in [0.4, 0.5) is 0 Å². The van der Waals surface area contributed by atoms with Crippen LogP contribution in [0.3, 0.4) is 0 Å². The molecule has 3 heterocycles. The second kappa shape index (κ2) is 7.71. The first-order chi connectivity index (χ1) is 13.4. The first-order valence-electron chi connectivity index (χ1n) is 8.80. The summed E-state index contributed by atoms with van der Waals surface area (Å²) >= 11 is 7.86. The number of amides is 1. The van der Waals surface area contributed by atoms with E-state index in [1.54, 1.807) is 19.4 Å². The number of aromatic nitrogens is 2. The van der Waals surface area contributed by atoms with Crippen molar-refractivity contribution >= 4 is 39.7 Å². The number of carbonyl (C=O) groups excluding carboxylic acids is 1. The molecule has 1 aliphatic heterocycles. The van der Waals surface area contributed by atoms with Gasteiger partial charge in [-0.3, -0.25) is 4.79 Å². The number of hydrogen-bond donors (Lipinski definition) is 2. The van der Waals surface area contributed by atoms with Crippen LogP contribution in [0.1, 0.15) is 25.2 Å². The molecule has 2 N–H and O–H groups in total. The number of nitrogens with zero attached hydrogens (tertiary/aromatic N) is 1. The Labute approximate surface area is 171 Å². The third-order valence-electron chi connectivity index (χ3n) is 4.34. The van der Waals surface area contributed by atoms with Crippen molar-refractivity contribution in [3.8, 4) is 5.75 Å². The maximum Gasteiger partial charge on any atom is 0.252 e. The number of fused-ring (bicyclic) bond motifs is 1. The highest BCUT2D eigenvalue weighted by Gasteiger charge is 2.36. The van der Waals surface area contributed by atoms with Crippen molar-refractivity contribution in [3.05, 3.63) is 45.5 Å². The van der Waals surface area contributed by atoms with Crippen molar-refractivity contribution in [2.45, 2.75) is 38.9 Å². The average molecular weight is 422 g/mol. The van der Waals surface area contributed by atoms with Gasteiger partial charge in [0.05, 0.1) is 29.4 Å². The van der Waals surface area contributed by atoms with Crippen LogP contribution in [0.5, 0.6) is 5.75 Å². The fourth-order valence-electron chi connectivity index (χ4n) is 2.97. The molecule has 1 aliphatic rings. The lowest BCUT2D eigenvalue weighted by Gasteiger charge is -2.16. The van der Waals surface area contributed by atoms with Crippen LogP contribution in [-0.4, -0.2) is 34.4 Å². The summed E-state index contributed by atoms with van der Waals surface area (Å²) in [6.45, 7) is 4.53. The van der Waals surface area contributed by atoms with Gasteiger partial charge in [-0.15, -0.1) is 11.3 Å². The van der Waals surface area contributed by atoms with Crippen LogP contribution in [-0.2, 0) is 27.4 Å². The minimum absolute atomic E-state index is 0.199. The first kappa shape index (κ1) is 19.2. The summed E-state index contributed by atoms with van der Waals surface area (Å²) in [6.07, 6.45) is -0.598. The molecular formula is C19H20ClN3O4S.